The topological polar surface area (TPSA) is 78.9 Å². The first-order chi connectivity index (χ1) is 15.5. The number of hydrogen-bond acceptors (Lipinski definition) is 6. The van der Waals surface area contributed by atoms with Crippen molar-refractivity contribution < 1.29 is 19.0 Å². The molecule has 0 aliphatic carbocycles. The molecular formula is C23H37N5O4. The summed E-state index contributed by atoms with van der Waals surface area (Å²) in [6, 6.07) is 5.91. The summed E-state index contributed by atoms with van der Waals surface area (Å²) in [4.78, 5) is 22.9. The van der Waals surface area contributed by atoms with Gasteiger partial charge in [0.25, 0.3) is 0 Å². The van der Waals surface area contributed by atoms with E-state index in [1.807, 2.05) is 18.2 Å². The minimum atomic E-state index is -0.00254. The van der Waals surface area contributed by atoms with Gasteiger partial charge in [0.05, 0.1) is 20.8 Å². The third-order valence-corrected chi connectivity index (χ3v) is 5.99. The summed E-state index contributed by atoms with van der Waals surface area (Å²) >= 11 is 0. The van der Waals surface area contributed by atoms with Crippen molar-refractivity contribution in [3.8, 4) is 11.5 Å². The average molecular weight is 448 g/mol. The molecule has 0 radical (unpaired) electrons. The molecule has 1 N–H and O–H groups in total. The molecule has 32 heavy (non-hydrogen) atoms. The van der Waals surface area contributed by atoms with E-state index in [4.69, 9.17) is 14.2 Å². The van der Waals surface area contributed by atoms with Gasteiger partial charge in [0.1, 0.15) is 18.0 Å². The number of carbonyl (C=O) groups excluding carboxylic acids is 1. The summed E-state index contributed by atoms with van der Waals surface area (Å²) in [5.41, 5.74) is 1.12. The Morgan fingerprint density at radius 1 is 1.22 bits per heavy atom. The first kappa shape index (κ1) is 24.1. The Morgan fingerprint density at radius 2 is 2.00 bits per heavy atom. The number of ether oxygens (including phenoxy) is 3. The van der Waals surface area contributed by atoms with E-state index in [-0.39, 0.29) is 12.5 Å². The van der Waals surface area contributed by atoms with Crippen LogP contribution in [0.4, 0.5) is 0 Å². The van der Waals surface area contributed by atoms with Crippen LogP contribution >= 0.6 is 0 Å². The SMILES string of the molecule is COc1ccc(OC)c(CN2CCN(C(=NCC(=O)N(C)C)NCC3CCOC3)CC2)c1. The van der Waals surface area contributed by atoms with Crippen LogP contribution in [-0.2, 0) is 16.1 Å². The molecule has 0 saturated carbocycles. The Kier molecular flexibility index (Phi) is 8.99. The van der Waals surface area contributed by atoms with E-state index >= 15 is 0 Å². The lowest BCUT2D eigenvalue weighted by Gasteiger charge is -2.37. The van der Waals surface area contributed by atoms with E-state index in [1.165, 1.54) is 0 Å². The minimum Gasteiger partial charge on any atom is -0.497 e. The summed E-state index contributed by atoms with van der Waals surface area (Å²) < 4.78 is 16.4. The molecule has 178 valence electrons. The Hall–Kier alpha value is -2.52. The van der Waals surface area contributed by atoms with Crippen LogP contribution in [0.5, 0.6) is 11.5 Å². The molecule has 1 aromatic carbocycles. The van der Waals surface area contributed by atoms with Crippen LogP contribution in [0, 0.1) is 5.92 Å². The third kappa shape index (κ3) is 6.74. The molecule has 1 atom stereocenters. The second kappa shape index (κ2) is 11.9. The molecule has 2 heterocycles. The monoisotopic (exact) mass is 447 g/mol. The van der Waals surface area contributed by atoms with E-state index in [2.05, 4.69) is 20.1 Å². The molecule has 0 spiro atoms. The van der Waals surface area contributed by atoms with Crippen molar-refractivity contribution in [2.24, 2.45) is 10.9 Å². The van der Waals surface area contributed by atoms with Crippen LogP contribution in [0.2, 0.25) is 0 Å². The van der Waals surface area contributed by atoms with Crippen LogP contribution in [-0.4, -0.2) is 107 Å². The number of nitrogens with zero attached hydrogens (tertiary/aromatic N) is 4. The van der Waals surface area contributed by atoms with Gasteiger partial charge in [-0.3, -0.25) is 9.69 Å². The second-order valence-electron chi connectivity index (χ2n) is 8.48. The van der Waals surface area contributed by atoms with E-state index in [0.717, 1.165) is 81.9 Å². The maximum atomic E-state index is 12.1. The molecule has 9 heteroatoms. The van der Waals surface area contributed by atoms with Crippen molar-refractivity contribution in [2.75, 3.05) is 80.8 Å². The highest BCUT2D eigenvalue weighted by atomic mass is 16.5. The normalized spacial score (nSPS) is 19.7. The van der Waals surface area contributed by atoms with Crippen molar-refractivity contribution in [3.63, 3.8) is 0 Å². The van der Waals surface area contributed by atoms with Gasteiger partial charge < -0.3 is 29.3 Å². The average Bonchev–Trinajstić information content (AvgIpc) is 3.33. The number of nitrogens with one attached hydrogen (secondary N) is 1. The number of guanidine groups is 1. The number of rotatable bonds is 8. The van der Waals surface area contributed by atoms with Crippen LogP contribution in [0.1, 0.15) is 12.0 Å². The van der Waals surface area contributed by atoms with Gasteiger partial charge in [0.15, 0.2) is 5.96 Å². The Labute approximate surface area is 191 Å². The molecule has 1 aromatic rings. The number of hydrogen-bond donors (Lipinski definition) is 1. The number of aliphatic imine (C=N–C) groups is 1. The maximum absolute atomic E-state index is 12.1. The smallest absolute Gasteiger partial charge is 0.243 e. The minimum absolute atomic E-state index is 0.00254. The predicted molar refractivity (Wildman–Crippen MR) is 124 cm³/mol. The highest BCUT2D eigenvalue weighted by Crippen LogP contribution is 2.25. The standard InChI is InChI=1S/C23H37N5O4/c1-26(2)22(29)15-25-23(24-14-18-7-12-32-17-18)28-10-8-27(9-11-28)16-19-13-20(30-3)5-6-21(19)31-4/h5-6,13,18H,7-12,14-17H2,1-4H3,(H,24,25). The Morgan fingerprint density at radius 3 is 2.62 bits per heavy atom. The predicted octanol–water partition coefficient (Wildman–Crippen LogP) is 0.892. The fourth-order valence-corrected chi connectivity index (χ4v) is 3.90. The molecule has 2 aliphatic heterocycles. The molecule has 1 amide bonds. The van der Waals surface area contributed by atoms with Crippen LogP contribution in [0.3, 0.4) is 0 Å². The molecule has 9 nitrogen and oxygen atoms in total. The molecular weight excluding hydrogens is 410 g/mol. The van der Waals surface area contributed by atoms with Gasteiger partial charge in [-0.25, -0.2) is 4.99 Å². The highest BCUT2D eigenvalue weighted by molar-refractivity contribution is 5.85. The molecule has 2 fully saturated rings. The van der Waals surface area contributed by atoms with E-state index in [9.17, 15) is 4.79 Å². The number of piperazine rings is 1. The molecule has 2 saturated heterocycles. The van der Waals surface area contributed by atoms with Crippen molar-refractivity contribution in [1.29, 1.82) is 0 Å². The van der Waals surface area contributed by atoms with Gasteiger partial charge in [-0.05, 0) is 24.6 Å². The summed E-state index contributed by atoms with van der Waals surface area (Å²) in [7, 11) is 6.89. The number of likely N-dealkylation sites (N-methyl/N-ethyl adjacent to an activating group) is 1. The fourth-order valence-electron chi connectivity index (χ4n) is 3.90. The molecule has 1 unspecified atom stereocenters. The van der Waals surface area contributed by atoms with Crippen LogP contribution in [0.25, 0.3) is 0 Å². The van der Waals surface area contributed by atoms with Gasteiger partial charge in [-0.15, -0.1) is 0 Å². The van der Waals surface area contributed by atoms with Crippen LogP contribution < -0.4 is 14.8 Å². The summed E-state index contributed by atoms with van der Waals surface area (Å²) in [6.07, 6.45) is 1.06. The number of benzene rings is 1. The van der Waals surface area contributed by atoms with Crippen molar-refractivity contribution in [2.45, 2.75) is 13.0 Å². The van der Waals surface area contributed by atoms with Gasteiger partial charge in [0.2, 0.25) is 5.91 Å². The Bertz CT molecular complexity index is 772. The van der Waals surface area contributed by atoms with Gasteiger partial charge in [0, 0.05) is 71.5 Å². The maximum Gasteiger partial charge on any atom is 0.243 e. The van der Waals surface area contributed by atoms with Crippen molar-refractivity contribution in [1.82, 2.24) is 20.0 Å². The number of carbonyl (C=O) groups is 1. The molecule has 3 rings (SSSR count). The lowest BCUT2D eigenvalue weighted by atomic mass is 10.1. The van der Waals surface area contributed by atoms with Crippen molar-refractivity contribution in [3.05, 3.63) is 23.8 Å². The number of methoxy groups -OCH3 is 2. The van der Waals surface area contributed by atoms with Gasteiger partial charge >= 0.3 is 0 Å². The fraction of sp³-hybridized carbons (Fsp3) is 0.652. The summed E-state index contributed by atoms with van der Waals surface area (Å²) in [5.74, 6) is 3.01. The largest absolute Gasteiger partial charge is 0.497 e. The number of amides is 1. The van der Waals surface area contributed by atoms with Crippen molar-refractivity contribution >= 4 is 11.9 Å². The highest BCUT2D eigenvalue weighted by Gasteiger charge is 2.23. The summed E-state index contributed by atoms with van der Waals surface area (Å²) in [5, 5.41) is 3.49. The van der Waals surface area contributed by atoms with Gasteiger partial charge in [-0.1, -0.05) is 0 Å². The lowest BCUT2D eigenvalue weighted by Crippen LogP contribution is -2.53. The third-order valence-electron chi connectivity index (χ3n) is 5.99. The zero-order valence-corrected chi connectivity index (χ0v) is 19.8. The lowest BCUT2D eigenvalue weighted by molar-refractivity contribution is -0.127. The van der Waals surface area contributed by atoms with Gasteiger partial charge in [-0.2, -0.15) is 0 Å². The van der Waals surface area contributed by atoms with E-state index < -0.39 is 0 Å². The molecule has 0 aromatic heterocycles. The van der Waals surface area contributed by atoms with E-state index in [0.29, 0.717) is 5.92 Å². The summed E-state index contributed by atoms with van der Waals surface area (Å²) in [6.45, 7) is 6.85. The molecule has 2 aliphatic rings. The van der Waals surface area contributed by atoms with Crippen LogP contribution in [0.15, 0.2) is 23.2 Å². The zero-order valence-electron chi connectivity index (χ0n) is 19.8. The molecule has 0 bridgehead atoms. The Balaban J connectivity index is 1.59. The second-order valence-corrected chi connectivity index (χ2v) is 8.48. The quantitative estimate of drug-likeness (QED) is 0.468. The zero-order chi connectivity index (χ0) is 22.9. The first-order valence-electron chi connectivity index (χ1n) is 11.2. The first-order valence-corrected chi connectivity index (χ1v) is 11.2. The van der Waals surface area contributed by atoms with E-state index in [1.54, 1.807) is 33.2 Å².